The standard InChI is InChI=1S/C10H11BrO2/c1-2-7-5-8(9(11)6-12)3-4-10(7)13/h3-6,9,13H,2H2,1H3. The summed E-state index contributed by atoms with van der Waals surface area (Å²) < 4.78 is 0. The number of phenolic OH excluding ortho intramolecular Hbond substituents is 1. The van der Waals surface area contributed by atoms with Crippen LogP contribution in [0, 0.1) is 0 Å². The molecule has 1 atom stereocenters. The third-order valence-electron chi connectivity index (χ3n) is 1.92. The topological polar surface area (TPSA) is 37.3 Å². The zero-order valence-corrected chi connectivity index (χ0v) is 8.91. The second-order valence-corrected chi connectivity index (χ2v) is 3.77. The molecular weight excluding hydrogens is 232 g/mol. The molecule has 3 heteroatoms. The van der Waals surface area contributed by atoms with E-state index < -0.39 is 0 Å². The zero-order chi connectivity index (χ0) is 9.84. The van der Waals surface area contributed by atoms with Gasteiger partial charge in [-0.3, -0.25) is 0 Å². The Balaban J connectivity index is 3.05. The molecule has 0 radical (unpaired) electrons. The van der Waals surface area contributed by atoms with Gasteiger partial charge in [0, 0.05) is 0 Å². The van der Waals surface area contributed by atoms with Crippen molar-refractivity contribution in [2.45, 2.75) is 18.2 Å². The number of rotatable bonds is 3. The summed E-state index contributed by atoms with van der Waals surface area (Å²) in [5.74, 6) is 0.289. The SMILES string of the molecule is CCc1cc(C(Br)C=O)ccc1O. The van der Waals surface area contributed by atoms with Gasteiger partial charge in [-0.1, -0.05) is 35.0 Å². The van der Waals surface area contributed by atoms with Crippen LogP contribution in [0.4, 0.5) is 0 Å². The van der Waals surface area contributed by atoms with Gasteiger partial charge in [0.25, 0.3) is 0 Å². The first kappa shape index (κ1) is 10.3. The van der Waals surface area contributed by atoms with Crippen molar-refractivity contribution >= 4 is 22.2 Å². The lowest BCUT2D eigenvalue weighted by atomic mass is 10.1. The third-order valence-corrected chi connectivity index (χ3v) is 2.67. The molecule has 1 unspecified atom stereocenters. The highest BCUT2D eigenvalue weighted by Crippen LogP contribution is 2.26. The molecule has 0 bridgehead atoms. The van der Waals surface area contributed by atoms with Crippen LogP contribution in [-0.2, 0) is 11.2 Å². The minimum Gasteiger partial charge on any atom is -0.508 e. The van der Waals surface area contributed by atoms with E-state index in [1.807, 2.05) is 13.0 Å². The Morgan fingerprint density at radius 2 is 2.31 bits per heavy atom. The Morgan fingerprint density at radius 1 is 1.62 bits per heavy atom. The van der Waals surface area contributed by atoms with Crippen LogP contribution >= 0.6 is 15.9 Å². The molecule has 70 valence electrons. The summed E-state index contributed by atoms with van der Waals surface area (Å²) in [7, 11) is 0. The molecule has 0 aliphatic carbocycles. The van der Waals surface area contributed by atoms with Crippen LogP contribution in [0.25, 0.3) is 0 Å². The fraction of sp³-hybridized carbons (Fsp3) is 0.300. The molecule has 0 aromatic heterocycles. The van der Waals surface area contributed by atoms with E-state index in [2.05, 4.69) is 15.9 Å². The normalized spacial score (nSPS) is 12.5. The van der Waals surface area contributed by atoms with Gasteiger partial charge in [0.2, 0.25) is 0 Å². The van der Waals surface area contributed by atoms with E-state index in [4.69, 9.17) is 0 Å². The maximum atomic E-state index is 10.5. The van der Waals surface area contributed by atoms with Crippen molar-refractivity contribution in [3.05, 3.63) is 29.3 Å². The number of aromatic hydroxyl groups is 1. The summed E-state index contributed by atoms with van der Waals surface area (Å²) in [5.41, 5.74) is 1.74. The van der Waals surface area contributed by atoms with Gasteiger partial charge >= 0.3 is 0 Å². The quantitative estimate of drug-likeness (QED) is 0.654. The Labute approximate surface area is 85.7 Å². The van der Waals surface area contributed by atoms with Crippen LogP contribution in [0.2, 0.25) is 0 Å². The number of benzene rings is 1. The molecular formula is C10H11BrO2. The second-order valence-electron chi connectivity index (χ2n) is 2.78. The summed E-state index contributed by atoms with van der Waals surface area (Å²) in [6.07, 6.45) is 1.59. The molecule has 0 saturated heterocycles. The third kappa shape index (κ3) is 2.31. The summed E-state index contributed by atoms with van der Waals surface area (Å²) in [4.78, 5) is 10.2. The smallest absolute Gasteiger partial charge is 0.138 e. The number of halogens is 1. The number of hydrogen-bond donors (Lipinski definition) is 1. The average molecular weight is 243 g/mol. The first-order valence-electron chi connectivity index (χ1n) is 4.10. The van der Waals surface area contributed by atoms with Crippen molar-refractivity contribution in [1.82, 2.24) is 0 Å². The Hall–Kier alpha value is -0.830. The Kier molecular flexibility index (Phi) is 3.48. The maximum absolute atomic E-state index is 10.5. The number of carbonyl (C=O) groups is 1. The van der Waals surface area contributed by atoms with Gasteiger partial charge in [0.1, 0.15) is 12.0 Å². The van der Waals surface area contributed by atoms with Crippen LogP contribution in [-0.4, -0.2) is 11.4 Å². The lowest BCUT2D eigenvalue weighted by Gasteiger charge is -2.06. The number of aryl methyl sites for hydroxylation is 1. The van der Waals surface area contributed by atoms with Crippen LogP contribution in [0.5, 0.6) is 5.75 Å². The van der Waals surface area contributed by atoms with Gasteiger partial charge in [0.15, 0.2) is 0 Å². The zero-order valence-electron chi connectivity index (χ0n) is 7.33. The second kappa shape index (κ2) is 4.42. The van der Waals surface area contributed by atoms with Gasteiger partial charge < -0.3 is 9.90 Å². The lowest BCUT2D eigenvalue weighted by molar-refractivity contribution is -0.107. The molecule has 0 heterocycles. The van der Waals surface area contributed by atoms with Crippen LogP contribution < -0.4 is 0 Å². The number of aldehydes is 1. The van der Waals surface area contributed by atoms with Gasteiger partial charge in [-0.25, -0.2) is 0 Å². The van der Waals surface area contributed by atoms with Crippen molar-refractivity contribution in [1.29, 1.82) is 0 Å². The number of phenols is 1. The fourth-order valence-electron chi connectivity index (χ4n) is 1.14. The minimum absolute atomic E-state index is 0.279. The first-order valence-corrected chi connectivity index (χ1v) is 5.01. The monoisotopic (exact) mass is 242 g/mol. The van der Waals surface area contributed by atoms with Gasteiger partial charge in [0.05, 0.1) is 4.83 Å². The van der Waals surface area contributed by atoms with Crippen LogP contribution in [0.15, 0.2) is 18.2 Å². The molecule has 0 aliphatic rings. The van der Waals surface area contributed by atoms with Gasteiger partial charge in [-0.2, -0.15) is 0 Å². The highest BCUT2D eigenvalue weighted by molar-refractivity contribution is 9.09. The summed E-state index contributed by atoms with van der Waals surface area (Å²) in [5, 5.41) is 9.39. The van der Waals surface area contributed by atoms with Crippen LogP contribution in [0.3, 0.4) is 0 Å². The van der Waals surface area contributed by atoms with Crippen molar-refractivity contribution in [2.75, 3.05) is 0 Å². The van der Waals surface area contributed by atoms with Crippen molar-refractivity contribution in [3.8, 4) is 5.75 Å². The van der Waals surface area contributed by atoms with E-state index in [1.165, 1.54) is 0 Å². The van der Waals surface area contributed by atoms with E-state index in [0.29, 0.717) is 0 Å². The number of alkyl halides is 1. The molecule has 0 saturated carbocycles. The number of hydrogen-bond acceptors (Lipinski definition) is 2. The predicted molar refractivity (Wildman–Crippen MR) is 55.2 cm³/mol. The predicted octanol–water partition coefficient (Wildman–Crippen LogP) is 2.59. The van der Waals surface area contributed by atoms with Crippen LogP contribution in [0.1, 0.15) is 22.9 Å². The highest BCUT2D eigenvalue weighted by Gasteiger charge is 2.07. The first-order chi connectivity index (χ1) is 6.19. The summed E-state index contributed by atoms with van der Waals surface area (Å²) in [6.45, 7) is 1.96. The molecule has 0 aliphatic heterocycles. The lowest BCUT2D eigenvalue weighted by Crippen LogP contribution is -1.92. The van der Waals surface area contributed by atoms with Crippen molar-refractivity contribution < 1.29 is 9.90 Å². The molecule has 1 rings (SSSR count). The van der Waals surface area contributed by atoms with E-state index >= 15 is 0 Å². The summed E-state index contributed by atoms with van der Waals surface area (Å²) in [6, 6.07) is 5.19. The van der Waals surface area contributed by atoms with Gasteiger partial charge in [-0.15, -0.1) is 0 Å². The maximum Gasteiger partial charge on any atom is 0.138 e. The van der Waals surface area contributed by atoms with Crippen molar-refractivity contribution in [2.24, 2.45) is 0 Å². The molecule has 1 N–H and O–H groups in total. The molecule has 1 aromatic rings. The summed E-state index contributed by atoms with van der Waals surface area (Å²) >= 11 is 3.22. The molecule has 13 heavy (non-hydrogen) atoms. The van der Waals surface area contributed by atoms with E-state index in [-0.39, 0.29) is 10.6 Å². The van der Waals surface area contributed by atoms with E-state index in [9.17, 15) is 9.90 Å². The number of carbonyl (C=O) groups excluding carboxylic acids is 1. The molecule has 1 aromatic carbocycles. The minimum atomic E-state index is -0.279. The Bertz CT molecular complexity index is 310. The molecule has 0 spiro atoms. The van der Waals surface area contributed by atoms with E-state index in [1.54, 1.807) is 12.1 Å². The largest absolute Gasteiger partial charge is 0.508 e. The average Bonchev–Trinajstić information content (AvgIpc) is 2.17. The van der Waals surface area contributed by atoms with Gasteiger partial charge in [-0.05, 0) is 23.6 Å². The fourth-order valence-corrected chi connectivity index (χ4v) is 1.42. The molecule has 0 fully saturated rings. The Morgan fingerprint density at radius 3 is 2.85 bits per heavy atom. The molecule has 0 amide bonds. The highest BCUT2D eigenvalue weighted by atomic mass is 79.9. The van der Waals surface area contributed by atoms with Crippen molar-refractivity contribution in [3.63, 3.8) is 0 Å². The van der Waals surface area contributed by atoms with E-state index in [0.717, 1.165) is 23.8 Å². The molecule has 2 nitrogen and oxygen atoms in total.